The molecule has 0 unspecified atom stereocenters. The molecule has 6 heteroatoms. The molecule has 0 spiro atoms. The van der Waals surface area contributed by atoms with E-state index in [4.69, 9.17) is 16.3 Å². The number of hydrogen-bond donors (Lipinski definition) is 1. The average Bonchev–Trinajstić information content (AvgIpc) is 3.07. The van der Waals surface area contributed by atoms with E-state index in [1.807, 2.05) is 26.0 Å². The van der Waals surface area contributed by atoms with Crippen molar-refractivity contribution in [3.05, 3.63) is 40.5 Å². The summed E-state index contributed by atoms with van der Waals surface area (Å²) in [6.45, 7) is 3.83. The molecule has 1 aliphatic rings. The summed E-state index contributed by atoms with van der Waals surface area (Å²) in [6, 6.07) is 7.17. The van der Waals surface area contributed by atoms with Crippen LogP contribution in [-0.4, -0.2) is 27.1 Å². The Morgan fingerprint density at radius 3 is 2.40 bits per heavy atom. The van der Waals surface area contributed by atoms with Crippen molar-refractivity contribution in [1.82, 2.24) is 9.97 Å². The molecule has 1 saturated carbocycles. The largest absolute Gasteiger partial charge is 0.477 e. The highest BCUT2D eigenvalue weighted by molar-refractivity contribution is 6.30. The van der Waals surface area contributed by atoms with E-state index in [9.17, 15) is 9.90 Å². The third-order valence-corrected chi connectivity index (χ3v) is 4.60. The Morgan fingerprint density at radius 1 is 1.20 bits per heavy atom. The van der Waals surface area contributed by atoms with Crippen LogP contribution >= 0.6 is 11.6 Å². The second kappa shape index (κ2) is 7.40. The van der Waals surface area contributed by atoms with Crippen molar-refractivity contribution in [2.75, 3.05) is 0 Å². The lowest BCUT2D eigenvalue weighted by atomic mass is 10.0. The molecule has 0 saturated heterocycles. The molecular formula is C19H21ClN2O3. The van der Waals surface area contributed by atoms with Gasteiger partial charge in [0.1, 0.15) is 11.7 Å². The predicted molar refractivity (Wildman–Crippen MR) is 96.4 cm³/mol. The Balaban J connectivity index is 2.11. The molecule has 25 heavy (non-hydrogen) atoms. The fourth-order valence-electron chi connectivity index (χ4n) is 3.05. The van der Waals surface area contributed by atoms with E-state index in [0.29, 0.717) is 16.5 Å². The molecule has 1 aliphatic carbocycles. The predicted octanol–water partition coefficient (Wildman–Crippen LogP) is 4.94. The van der Waals surface area contributed by atoms with Gasteiger partial charge in [-0.05, 0) is 55.9 Å². The number of carboxylic acids is 1. The number of ether oxygens (including phenoxy) is 1. The maximum Gasteiger partial charge on any atom is 0.343 e. The molecule has 1 N–H and O–H groups in total. The number of hydrogen-bond acceptors (Lipinski definition) is 4. The first kappa shape index (κ1) is 17.7. The summed E-state index contributed by atoms with van der Waals surface area (Å²) >= 11 is 5.95. The van der Waals surface area contributed by atoms with E-state index in [1.54, 1.807) is 12.1 Å². The van der Waals surface area contributed by atoms with Gasteiger partial charge in [-0.15, -0.1) is 0 Å². The summed E-state index contributed by atoms with van der Waals surface area (Å²) in [5.74, 6) is -0.494. The fraction of sp³-hybridized carbons (Fsp3) is 0.421. The van der Waals surface area contributed by atoms with Gasteiger partial charge in [-0.25, -0.2) is 9.78 Å². The molecule has 0 aliphatic heterocycles. The Labute approximate surface area is 152 Å². The van der Waals surface area contributed by atoms with Crippen LogP contribution in [0.2, 0.25) is 5.02 Å². The average molecular weight is 361 g/mol. The van der Waals surface area contributed by atoms with Crippen LogP contribution in [0.5, 0.6) is 5.88 Å². The van der Waals surface area contributed by atoms with Crippen LogP contribution in [0.1, 0.15) is 61.5 Å². The van der Waals surface area contributed by atoms with Crippen molar-refractivity contribution in [1.29, 1.82) is 0 Å². The minimum Gasteiger partial charge on any atom is -0.477 e. The lowest BCUT2D eigenvalue weighted by Crippen LogP contribution is -2.18. The van der Waals surface area contributed by atoms with Gasteiger partial charge in [0.15, 0.2) is 5.82 Å². The number of carbonyl (C=O) groups is 1. The summed E-state index contributed by atoms with van der Waals surface area (Å²) in [4.78, 5) is 20.8. The summed E-state index contributed by atoms with van der Waals surface area (Å²) in [7, 11) is 0. The van der Waals surface area contributed by atoms with Crippen LogP contribution in [-0.2, 0) is 0 Å². The van der Waals surface area contributed by atoms with Crippen LogP contribution in [0, 0.1) is 0 Å². The molecule has 1 heterocycles. The van der Waals surface area contributed by atoms with E-state index < -0.39 is 5.97 Å². The maximum absolute atomic E-state index is 11.8. The molecule has 132 valence electrons. The Morgan fingerprint density at radius 2 is 1.84 bits per heavy atom. The lowest BCUT2D eigenvalue weighted by Gasteiger charge is -2.18. The van der Waals surface area contributed by atoms with Gasteiger partial charge in [-0.3, -0.25) is 0 Å². The van der Waals surface area contributed by atoms with Gasteiger partial charge in [0.2, 0.25) is 5.88 Å². The molecule has 5 nitrogen and oxygen atoms in total. The number of aromatic carboxylic acids is 1. The van der Waals surface area contributed by atoms with Crippen LogP contribution in [0.25, 0.3) is 11.4 Å². The molecule has 0 amide bonds. The zero-order valence-corrected chi connectivity index (χ0v) is 15.1. The Kier molecular flexibility index (Phi) is 5.23. The first-order valence-electron chi connectivity index (χ1n) is 8.53. The molecule has 0 atom stereocenters. The summed E-state index contributed by atoms with van der Waals surface area (Å²) in [6.07, 6.45) is 4.07. The zero-order chi connectivity index (χ0) is 18.0. The lowest BCUT2D eigenvalue weighted by molar-refractivity contribution is 0.0685. The quantitative estimate of drug-likeness (QED) is 0.817. The number of halogens is 1. The fourth-order valence-corrected chi connectivity index (χ4v) is 3.18. The van der Waals surface area contributed by atoms with E-state index in [2.05, 4.69) is 9.97 Å². The second-order valence-electron chi connectivity index (χ2n) is 6.60. The van der Waals surface area contributed by atoms with Crippen molar-refractivity contribution in [3.8, 4) is 17.3 Å². The third-order valence-electron chi connectivity index (χ3n) is 4.35. The highest BCUT2D eigenvalue weighted by Crippen LogP contribution is 2.32. The minimum absolute atomic E-state index is 0.0195. The van der Waals surface area contributed by atoms with Crippen LogP contribution in [0.3, 0.4) is 0 Å². The Hall–Kier alpha value is -2.14. The number of nitrogens with zero attached hydrogens (tertiary/aromatic N) is 2. The number of benzene rings is 1. The summed E-state index contributed by atoms with van der Waals surface area (Å²) in [5.41, 5.74) is 1.33. The topological polar surface area (TPSA) is 72.3 Å². The smallest absolute Gasteiger partial charge is 0.343 e. The minimum atomic E-state index is -1.06. The maximum atomic E-state index is 11.8. The molecule has 0 radical (unpaired) electrons. The van der Waals surface area contributed by atoms with Crippen molar-refractivity contribution in [3.63, 3.8) is 0 Å². The number of rotatable bonds is 5. The van der Waals surface area contributed by atoms with Gasteiger partial charge < -0.3 is 9.84 Å². The van der Waals surface area contributed by atoms with Gasteiger partial charge in [0.25, 0.3) is 0 Å². The highest BCUT2D eigenvalue weighted by Gasteiger charge is 2.27. The van der Waals surface area contributed by atoms with Crippen LogP contribution in [0.15, 0.2) is 24.3 Å². The summed E-state index contributed by atoms with van der Waals surface area (Å²) in [5, 5.41) is 10.3. The van der Waals surface area contributed by atoms with Crippen molar-refractivity contribution in [2.24, 2.45) is 0 Å². The SMILES string of the molecule is CC(C)c1nc(-c2ccc(Cl)cc2)nc(OC2CCCC2)c1C(=O)O. The molecule has 0 bridgehead atoms. The first-order valence-corrected chi connectivity index (χ1v) is 8.91. The van der Waals surface area contributed by atoms with Crippen molar-refractivity contribution < 1.29 is 14.6 Å². The number of carboxylic acid groups (broad SMARTS) is 1. The van der Waals surface area contributed by atoms with Crippen LogP contribution in [0.4, 0.5) is 0 Å². The Bertz CT molecular complexity index is 769. The van der Waals surface area contributed by atoms with Gasteiger partial charge in [0.05, 0.1) is 5.69 Å². The van der Waals surface area contributed by atoms with E-state index in [1.165, 1.54) is 0 Å². The van der Waals surface area contributed by atoms with Gasteiger partial charge in [-0.1, -0.05) is 25.4 Å². The van der Waals surface area contributed by atoms with Gasteiger partial charge in [-0.2, -0.15) is 4.98 Å². The number of aromatic nitrogens is 2. The monoisotopic (exact) mass is 360 g/mol. The third kappa shape index (κ3) is 3.93. The highest BCUT2D eigenvalue weighted by atomic mass is 35.5. The van der Waals surface area contributed by atoms with E-state index >= 15 is 0 Å². The molecule has 1 aromatic carbocycles. The van der Waals surface area contributed by atoms with E-state index in [0.717, 1.165) is 31.2 Å². The molecular weight excluding hydrogens is 340 g/mol. The first-order chi connectivity index (χ1) is 12.0. The van der Waals surface area contributed by atoms with Gasteiger partial charge in [0, 0.05) is 10.6 Å². The molecule has 2 aromatic rings. The molecule has 1 fully saturated rings. The van der Waals surface area contributed by atoms with Crippen molar-refractivity contribution in [2.45, 2.75) is 51.6 Å². The van der Waals surface area contributed by atoms with E-state index in [-0.39, 0.29) is 23.5 Å². The van der Waals surface area contributed by atoms with Gasteiger partial charge >= 0.3 is 5.97 Å². The van der Waals surface area contributed by atoms with Crippen molar-refractivity contribution >= 4 is 17.6 Å². The second-order valence-corrected chi connectivity index (χ2v) is 7.04. The normalized spacial score (nSPS) is 14.9. The zero-order valence-electron chi connectivity index (χ0n) is 14.3. The summed E-state index contributed by atoms with van der Waals surface area (Å²) < 4.78 is 5.99. The molecule has 1 aromatic heterocycles. The van der Waals surface area contributed by atoms with Crippen LogP contribution < -0.4 is 4.74 Å². The molecule has 3 rings (SSSR count). The standard InChI is InChI=1S/C19H21ClN2O3/c1-11(2)16-15(19(23)24)18(25-14-5-3-4-6-14)22-17(21-16)12-7-9-13(20)10-8-12/h7-11,14H,3-6H2,1-2H3,(H,23,24).